The predicted octanol–water partition coefficient (Wildman–Crippen LogP) is 2.51. The number of aliphatic carboxylic acids is 1. The number of hydrogen-bond acceptors (Lipinski definition) is 2. The SMILES string of the molecule is Cc1ccc([C@@H](C)NC(C(=O)O)C2CC2)cc1. The maximum atomic E-state index is 11.1. The molecule has 1 aromatic carbocycles. The third-order valence-electron chi connectivity index (χ3n) is 3.37. The lowest BCUT2D eigenvalue weighted by molar-refractivity contribution is -0.140. The van der Waals surface area contributed by atoms with Crippen molar-refractivity contribution in [3.8, 4) is 0 Å². The van der Waals surface area contributed by atoms with Crippen LogP contribution in [0.4, 0.5) is 0 Å². The summed E-state index contributed by atoms with van der Waals surface area (Å²) in [6.07, 6.45) is 2.06. The molecular weight excluding hydrogens is 214 g/mol. The smallest absolute Gasteiger partial charge is 0.320 e. The molecule has 92 valence electrons. The molecule has 1 saturated carbocycles. The molecule has 3 heteroatoms. The summed E-state index contributed by atoms with van der Waals surface area (Å²) in [6.45, 7) is 4.06. The first kappa shape index (κ1) is 12.1. The maximum absolute atomic E-state index is 11.1. The largest absolute Gasteiger partial charge is 0.480 e. The molecule has 0 saturated heterocycles. The van der Waals surface area contributed by atoms with Gasteiger partial charge in [0.1, 0.15) is 6.04 Å². The van der Waals surface area contributed by atoms with Crippen LogP contribution in [0.15, 0.2) is 24.3 Å². The average molecular weight is 233 g/mol. The van der Waals surface area contributed by atoms with Crippen molar-refractivity contribution in [2.45, 2.75) is 38.8 Å². The van der Waals surface area contributed by atoms with Crippen LogP contribution in [-0.4, -0.2) is 17.1 Å². The number of nitrogens with one attached hydrogen (secondary N) is 1. The summed E-state index contributed by atoms with van der Waals surface area (Å²) in [6, 6.07) is 7.90. The van der Waals surface area contributed by atoms with E-state index in [1.807, 2.05) is 13.8 Å². The minimum atomic E-state index is -0.730. The van der Waals surface area contributed by atoms with Crippen LogP contribution < -0.4 is 5.32 Å². The third kappa shape index (κ3) is 3.07. The normalized spacial score (nSPS) is 18.7. The van der Waals surface area contributed by atoms with Gasteiger partial charge >= 0.3 is 5.97 Å². The van der Waals surface area contributed by atoms with Crippen molar-refractivity contribution in [2.75, 3.05) is 0 Å². The molecule has 1 aliphatic carbocycles. The first-order chi connectivity index (χ1) is 8.08. The molecule has 0 spiro atoms. The molecule has 1 unspecified atom stereocenters. The zero-order valence-electron chi connectivity index (χ0n) is 10.3. The van der Waals surface area contributed by atoms with E-state index in [4.69, 9.17) is 5.11 Å². The number of carboxylic acid groups (broad SMARTS) is 1. The number of aryl methyl sites for hydroxylation is 1. The van der Waals surface area contributed by atoms with E-state index in [0.717, 1.165) is 18.4 Å². The molecule has 0 heterocycles. The Balaban J connectivity index is 2.01. The fourth-order valence-corrected chi connectivity index (χ4v) is 2.06. The van der Waals surface area contributed by atoms with E-state index in [1.54, 1.807) is 0 Å². The minimum absolute atomic E-state index is 0.0808. The van der Waals surface area contributed by atoms with Crippen LogP contribution in [0, 0.1) is 12.8 Å². The van der Waals surface area contributed by atoms with Crippen molar-refractivity contribution in [3.05, 3.63) is 35.4 Å². The number of hydrogen-bond donors (Lipinski definition) is 2. The molecule has 0 radical (unpaired) electrons. The standard InChI is InChI=1S/C14H19NO2/c1-9-3-5-11(6-4-9)10(2)15-13(14(16)17)12-7-8-12/h3-6,10,12-13,15H,7-8H2,1-2H3,(H,16,17)/t10-,13?/m1/s1. The van der Waals surface area contributed by atoms with Crippen LogP contribution in [0.25, 0.3) is 0 Å². The van der Waals surface area contributed by atoms with E-state index in [2.05, 4.69) is 29.6 Å². The Kier molecular flexibility index (Phi) is 3.48. The second-order valence-corrected chi connectivity index (χ2v) is 4.95. The summed E-state index contributed by atoms with van der Waals surface area (Å²) < 4.78 is 0. The molecular formula is C14H19NO2. The highest BCUT2D eigenvalue weighted by molar-refractivity contribution is 5.74. The van der Waals surface area contributed by atoms with Gasteiger partial charge in [0.05, 0.1) is 0 Å². The van der Waals surface area contributed by atoms with Crippen molar-refractivity contribution in [2.24, 2.45) is 5.92 Å². The van der Waals surface area contributed by atoms with E-state index in [1.165, 1.54) is 5.56 Å². The summed E-state index contributed by atoms with van der Waals surface area (Å²) in [4.78, 5) is 11.1. The Bertz CT molecular complexity index is 395. The van der Waals surface area contributed by atoms with E-state index >= 15 is 0 Å². The van der Waals surface area contributed by atoms with Crippen LogP contribution >= 0.6 is 0 Å². The van der Waals surface area contributed by atoms with Crippen LogP contribution in [-0.2, 0) is 4.79 Å². The Hall–Kier alpha value is -1.35. The summed E-state index contributed by atoms with van der Waals surface area (Å²) in [5, 5.41) is 12.4. The highest BCUT2D eigenvalue weighted by Gasteiger charge is 2.36. The number of benzene rings is 1. The van der Waals surface area contributed by atoms with E-state index in [9.17, 15) is 4.79 Å². The first-order valence-electron chi connectivity index (χ1n) is 6.13. The highest BCUT2D eigenvalue weighted by Crippen LogP contribution is 2.33. The lowest BCUT2D eigenvalue weighted by atomic mass is 10.0. The van der Waals surface area contributed by atoms with Gasteiger partial charge in [-0.25, -0.2) is 0 Å². The molecule has 2 N–H and O–H groups in total. The van der Waals surface area contributed by atoms with E-state index < -0.39 is 12.0 Å². The van der Waals surface area contributed by atoms with Gasteiger partial charge in [0, 0.05) is 6.04 Å². The first-order valence-corrected chi connectivity index (χ1v) is 6.13. The van der Waals surface area contributed by atoms with E-state index in [-0.39, 0.29) is 6.04 Å². The van der Waals surface area contributed by atoms with Crippen molar-refractivity contribution in [3.63, 3.8) is 0 Å². The van der Waals surface area contributed by atoms with Gasteiger partial charge in [0.15, 0.2) is 0 Å². The second kappa shape index (κ2) is 4.88. The van der Waals surface area contributed by atoms with Crippen LogP contribution in [0.1, 0.15) is 36.9 Å². The summed E-state index contributed by atoms with van der Waals surface area (Å²) in [7, 11) is 0. The fraction of sp³-hybridized carbons (Fsp3) is 0.500. The Morgan fingerprint density at radius 3 is 2.41 bits per heavy atom. The van der Waals surface area contributed by atoms with Crippen molar-refractivity contribution < 1.29 is 9.90 Å². The lowest BCUT2D eigenvalue weighted by Gasteiger charge is -2.20. The molecule has 0 aromatic heterocycles. The van der Waals surface area contributed by atoms with Gasteiger partial charge in [-0.1, -0.05) is 29.8 Å². The molecule has 1 fully saturated rings. The molecule has 2 atom stereocenters. The van der Waals surface area contributed by atoms with Gasteiger partial charge in [-0.05, 0) is 38.2 Å². The molecule has 1 aliphatic rings. The fourth-order valence-electron chi connectivity index (χ4n) is 2.06. The van der Waals surface area contributed by atoms with Gasteiger partial charge in [-0.15, -0.1) is 0 Å². The minimum Gasteiger partial charge on any atom is -0.480 e. The highest BCUT2D eigenvalue weighted by atomic mass is 16.4. The molecule has 0 bridgehead atoms. The van der Waals surface area contributed by atoms with Crippen LogP contribution in [0.3, 0.4) is 0 Å². The predicted molar refractivity (Wildman–Crippen MR) is 66.9 cm³/mol. The molecule has 0 aliphatic heterocycles. The second-order valence-electron chi connectivity index (χ2n) is 4.95. The molecule has 1 aromatic rings. The zero-order chi connectivity index (χ0) is 12.4. The van der Waals surface area contributed by atoms with Gasteiger partial charge in [-0.3, -0.25) is 10.1 Å². The van der Waals surface area contributed by atoms with Crippen LogP contribution in [0.2, 0.25) is 0 Å². The van der Waals surface area contributed by atoms with E-state index in [0.29, 0.717) is 5.92 Å². The van der Waals surface area contributed by atoms with Gasteiger partial charge in [0.25, 0.3) is 0 Å². The van der Waals surface area contributed by atoms with Crippen molar-refractivity contribution in [1.29, 1.82) is 0 Å². The van der Waals surface area contributed by atoms with Gasteiger partial charge in [0.2, 0.25) is 0 Å². The topological polar surface area (TPSA) is 49.3 Å². The summed E-state index contributed by atoms with van der Waals surface area (Å²) >= 11 is 0. The molecule has 0 amide bonds. The Morgan fingerprint density at radius 2 is 1.94 bits per heavy atom. The van der Waals surface area contributed by atoms with Crippen molar-refractivity contribution in [1.82, 2.24) is 5.32 Å². The maximum Gasteiger partial charge on any atom is 0.320 e. The third-order valence-corrected chi connectivity index (χ3v) is 3.37. The van der Waals surface area contributed by atoms with Gasteiger partial charge < -0.3 is 5.11 Å². The zero-order valence-corrected chi connectivity index (χ0v) is 10.3. The Morgan fingerprint density at radius 1 is 1.35 bits per heavy atom. The number of rotatable bonds is 5. The van der Waals surface area contributed by atoms with Gasteiger partial charge in [-0.2, -0.15) is 0 Å². The molecule has 2 rings (SSSR count). The van der Waals surface area contributed by atoms with Crippen molar-refractivity contribution >= 4 is 5.97 Å². The lowest BCUT2D eigenvalue weighted by Crippen LogP contribution is -2.39. The average Bonchev–Trinajstić information content (AvgIpc) is 3.10. The summed E-state index contributed by atoms with van der Waals surface area (Å²) in [5.41, 5.74) is 2.36. The quantitative estimate of drug-likeness (QED) is 0.821. The van der Waals surface area contributed by atoms with Crippen LogP contribution in [0.5, 0.6) is 0 Å². The molecule has 3 nitrogen and oxygen atoms in total. The monoisotopic (exact) mass is 233 g/mol. The number of carbonyl (C=O) groups is 1. The number of carboxylic acids is 1. The Labute approximate surface area is 102 Å². The summed E-state index contributed by atoms with van der Waals surface area (Å²) in [5.74, 6) is -0.410. The molecule has 17 heavy (non-hydrogen) atoms.